The molecular weight excluding hydrogens is 262 g/mol. The number of rotatable bonds is 5. The van der Waals surface area contributed by atoms with Crippen molar-refractivity contribution in [2.45, 2.75) is 39.2 Å². The van der Waals surface area contributed by atoms with Gasteiger partial charge >= 0.3 is 12.0 Å². The molecule has 0 spiro atoms. The molecule has 3 amide bonds. The largest absolute Gasteiger partial charge is 0.480 e. The third-order valence-electron chi connectivity index (χ3n) is 3.71. The number of hydrogen-bond acceptors (Lipinski definition) is 3. The summed E-state index contributed by atoms with van der Waals surface area (Å²) in [6.07, 6.45) is 1.64. The van der Waals surface area contributed by atoms with Crippen LogP contribution in [0.25, 0.3) is 0 Å². The number of carboxylic acids is 1. The zero-order valence-corrected chi connectivity index (χ0v) is 12.2. The van der Waals surface area contributed by atoms with E-state index in [0.717, 1.165) is 0 Å². The molecule has 2 atom stereocenters. The van der Waals surface area contributed by atoms with Crippen LogP contribution in [0, 0.1) is 5.41 Å². The van der Waals surface area contributed by atoms with Gasteiger partial charge in [0, 0.05) is 20.1 Å². The Balaban J connectivity index is 2.62. The van der Waals surface area contributed by atoms with E-state index in [1.54, 1.807) is 14.0 Å². The predicted molar refractivity (Wildman–Crippen MR) is 73.2 cm³/mol. The Morgan fingerprint density at radius 1 is 1.40 bits per heavy atom. The minimum Gasteiger partial charge on any atom is -0.480 e. The van der Waals surface area contributed by atoms with Crippen molar-refractivity contribution in [3.8, 4) is 0 Å². The smallest absolute Gasteiger partial charge is 0.326 e. The highest BCUT2D eigenvalue weighted by atomic mass is 16.4. The first-order valence-electron chi connectivity index (χ1n) is 6.84. The van der Waals surface area contributed by atoms with E-state index in [9.17, 15) is 14.4 Å². The second-order valence-corrected chi connectivity index (χ2v) is 5.44. The molecular formula is C13H23N3O4. The summed E-state index contributed by atoms with van der Waals surface area (Å²) >= 11 is 0. The minimum absolute atomic E-state index is 0.101. The maximum absolute atomic E-state index is 12.1. The lowest BCUT2D eigenvalue weighted by Crippen LogP contribution is -2.48. The zero-order chi connectivity index (χ0) is 15.3. The van der Waals surface area contributed by atoms with Gasteiger partial charge < -0.3 is 20.6 Å². The summed E-state index contributed by atoms with van der Waals surface area (Å²) in [5.74, 6) is -1.13. The maximum atomic E-state index is 12.1. The number of carbonyl (C=O) groups excluding carboxylic acids is 2. The Morgan fingerprint density at radius 3 is 2.55 bits per heavy atom. The number of hydrogen-bond donors (Lipinski definition) is 3. The van der Waals surface area contributed by atoms with Gasteiger partial charge in [-0.15, -0.1) is 0 Å². The molecule has 1 aliphatic rings. The first-order chi connectivity index (χ1) is 9.34. The molecule has 1 fully saturated rings. The van der Waals surface area contributed by atoms with Crippen LogP contribution in [0.1, 0.15) is 33.1 Å². The molecule has 1 aliphatic heterocycles. The lowest BCUT2D eigenvalue weighted by atomic mass is 9.89. The first kappa shape index (κ1) is 16.3. The van der Waals surface area contributed by atoms with E-state index in [0.29, 0.717) is 32.4 Å². The third-order valence-corrected chi connectivity index (χ3v) is 3.71. The van der Waals surface area contributed by atoms with Gasteiger partial charge in [-0.3, -0.25) is 4.79 Å². The van der Waals surface area contributed by atoms with Crippen molar-refractivity contribution < 1.29 is 19.5 Å². The van der Waals surface area contributed by atoms with Crippen molar-refractivity contribution >= 4 is 17.9 Å². The Bertz CT molecular complexity index is 399. The van der Waals surface area contributed by atoms with Crippen LogP contribution in [-0.4, -0.2) is 54.1 Å². The maximum Gasteiger partial charge on any atom is 0.326 e. The van der Waals surface area contributed by atoms with Crippen LogP contribution < -0.4 is 10.6 Å². The number of carboxylic acid groups (broad SMARTS) is 1. The van der Waals surface area contributed by atoms with Gasteiger partial charge in [0.1, 0.15) is 6.04 Å². The van der Waals surface area contributed by atoms with E-state index in [4.69, 9.17) is 5.11 Å². The summed E-state index contributed by atoms with van der Waals surface area (Å²) in [7, 11) is 1.57. The summed E-state index contributed by atoms with van der Waals surface area (Å²) in [5, 5.41) is 14.1. The molecule has 1 rings (SSSR count). The van der Waals surface area contributed by atoms with Crippen molar-refractivity contribution in [3.05, 3.63) is 0 Å². The van der Waals surface area contributed by atoms with Crippen molar-refractivity contribution in [3.63, 3.8) is 0 Å². The van der Waals surface area contributed by atoms with E-state index >= 15 is 0 Å². The van der Waals surface area contributed by atoms with Crippen LogP contribution in [0.4, 0.5) is 4.79 Å². The first-order valence-corrected chi connectivity index (χ1v) is 6.84. The summed E-state index contributed by atoms with van der Waals surface area (Å²) in [6, 6.07) is -1.29. The van der Waals surface area contributed by atoms with Crippen LogP contribution in [0.5, 0.6) is 0 Å². The highest BCUT2D eigenvalue weighted by Gasteiger charge is 2.41. The molecule has 0 aromatic carbocycles. The molecule has 1 saturated heterocycles. The summed E-state index contributed by atoms with van der Waals surface area (Å²) in [6.45, 7) is 4.42. The molecule has 2 unspecified atom stereocenters. The number of amides is 3. The van der Waals surface area contributed by atoms with E-state index in [1.165, 1.54) is 4.90 Å². The van der Waals surface area contributed by atoms with Gasteiger partial charge in [-0.25, -0.2) is 9.59 Å². The summed E-state index contributed by atoms with van der Waals surface area (Å²) in [5.41, 5.74) is -0.602. The van der Waals surface area contributed by atoms with Gasteiger partial charge in [0.2, 0.25) is 5.91 Å². The van der Waals surface area contributed by atoms with Gasteiger partial charge in [-0.1, -0.05) is 13.3 Å². The van der Waals surface area contributed by atoms with E-state index in [2.05, 4.69) is 10.6 Å². The van der Waals surface area contributed by atoms with Gasteiger partial charge in [0.15, 0.2) is 0 Å². The van der Waals surface area contributed by atoms with Gasteiger partial charge in [-0.2, -0.15) is 0 Å². The van der Waals surface area contributed by atoms with Crippen LogP contribution in [-0.2, 0) is 9.59 Å². The molecule has 0 aromatic heterocycles. The molecule has 7 heteroatoms. The van der Waals surface area contributed by atoms with Crippen molar-refractivity contribution in [1.29, 1.82) is 0 Å². The highest BCUT2D eigenvalue weighted by molar-refractivity contribution is 5.86. The molecule has 7 nitrogen and oxygen atoms in total. The zero-order valence-electron chi connectivity index (χ0n) is 12.2. The number of aliphatic carboxylic acids is 1. The number of likely N-dealkylation sites (tertiary alicyclic amines) is 1. The lowest BCUT2D eigenvalue weighted by molar-refractivity contribution is -0.139. The Hall–Kier alpha value is -1.79. The lowest BCUT2D eigenvalue weighted by Gasteiger charge is -2.24. The highest BCUT2D eigenvalue weighted by Crippen LogP contribution is 2.30. The summed E-state index contributed by atoms with van der Waals surface area (Å²) < 4.78 is 0. The van der Waals surface area contributed by atoms with Crippen LogP contribution in [0.2, 0.25) is 0 Å². The fourth-order valence-corrected chi connectivity index (χ4v) is 2.41. The third kappa shape index (κ3) is 3.61. The molecule has 3 N–H and O–H groups in total. The number of nitrogens with one attached hydrogen (secondary N) is 2. The summed E-state index contributed by atoms with van der Waals surface area (Å²) in [4.78, 5) is 36.4. The fraction of sp³-hybridized carbons (Fsp3) is 0.769. The Labute approximate surface area is 118 Å². The molecule has 0 saturated carbocycles. The van der Waals surface area contributed by atoms with E-state index < -0.39 is 23.5 Å². The van der Waals surface area contributed by atoms with Crippen LogP contribution in [0.15, 0.2) is 0 Å². The topological polar surface area (TPSA) is 98.7 Å². The van der Waals surface area contributed by atoms with Gasteiger partial charge in [0.25, 0.3) is 0 Å². The van der Waals surface area contributed by atoms with Crippen LogP contribution >= 0.6 is 0 Å². The quantitative estimate of drug-likeness (QED) is 0.681. The number of nitrogens with zero attached hydrogens (tertiary/aromatic N) is 1. The predicted octanol–water partition coefficient (Wildman–Crippen LogP) is 0.407. The van der Waals surface area contributed by atoms with Gasteiger partial charge in [-0.05, 0) is 19.8 Å². The number of urea groups is 1. The molecule has 20 heavy (non-hydrogen) atoms. The SMILES string of the molecule is CCCC(NC(=O)N1CCC(C)(C(=O)NC)C1)C(=O)O. The standard InChI is InChI=1S/C13H23N3O4/c1-4-5-9(10(17)18)15-12(20)16-7-6-13(2,8-16)11(19)14-3/h9H,4-8H2,1-3H3,(H,14,19)(H,15,20)(H,17,18). The second kappa shape index (κ2) is 6.58. The molecule has 0 radical (unpaired) electrons. The van der Waals surface area contributed by atoms with E-state index in [1.807, 2.05) is 6.92 Å². The fourth-order valence-electron chi connectivity index (χ4n) is 2.41. The average molecular weight is 285 g/mol. The average Bonchev–Trinajstić information content (AvgIpc) is 2.81. The van der Waals surface area contributed by atoms with Crippen LogP contribution in [0.3, 0.4) is 0 Å². The molecule has 0 bridgehead atoms. The number of carbonyl (C=O) groups is 3. The van der Waals surface area contributed by atoms with Crippen molar-refractivity contribution in [2.75, 3.05) is 20.1 Å². The van der Waals surface area contributed by atoms with Crippen molar-refractivity contribution in [1.82, 2.24) is 15.5 Å². The molecule has 0 aromatic rings. The van der Waals surface area contributed by atoms with Crippen molar-refractivity contribution in [2.24, 2.45) is 5.41 Å². The minimum atomic E-state index is -1.03. The molecule has 0 aliphatic carbocycles. The molecule has 114 valence electrons. The normalized spacial score (nSPS) is 23.2. The van der Waals surface area contributed by atoms with Gasteiger partial charge in [0.05, 0.1) is 5.41 Å². The Kier molecular flexibility index (Phi) is 5.35. The Morgan fingerprint density at radius 2 is 2.05 bits per heavy atom. The molecule has 1 heterocycles. The second-order valence-electron chi connectivity index (χ2n) is 5.44. The van der Waals surface area contributed by atoms with E-state index in [-0.39, 0.29) is 5.91 Å². The monoisotopic (exact) mass is 285 g/mol.